The number of nitrogens with one attached hydrogen (secondary N) is 1. The lowest BCUT2D eigenvalue weighted by molar-refractivity contribution is -0.0995. The maximum Gasteiger partial charge on any atom is 0.0554 e. The summed E-state index contributed by atoms with van der Waals surface area (Å²) in [7, 11) is 0. The van der Waals surface area contributed by atoms with Crippen LogP contribution >= 0.6 is 0 Å². The predicted octanol–water partition coefficient (Wildman–Crippen LogP) is 1.66. The Hall–Kier alpha value is -0.0800. The number of hydrogen-bond donors (Lipinski definition) is 1. The highest BCUT2D eigenvalue weighted by Gasteiger charge is 2.32. The molecule has 0 saturated carbocycles. The quantitative estimate of drug-likeness (QED) is 0.697. The van der Waals surface area contributed by atoms with Crippen LogP contribution in [0.15, 0.2) is 0 Å². The molecule has 1 aliphatic rings. The van der Waals surface area contributed by atoms with Crippen LogP contribution in [0.5, 0.6) is 0 Å². The first kappa shape index (κ1) is 10.0. The summed E-state index contributed by atoms with van der Waals surface area (Å²) in [6.45, 7) is 13.0. The molecule has 1 saturated heterocycles. The first-order chi connectivity index (χ1) is 5.41. The number of ether oxygens (including phenoxy) is 1. The van der Waals surface area contributed by atoms with Crippen molar-refractivity contribution in [3.63, 3.8) is 0 Å². The van der Waals surface area contributed by atoms with Gasteiger partial charge in [0, 0.05) is 18.5 Å². The fourth-order valence-electron chi connectivity index (χ4n) is 1.29. The predicted molar refractivity (Wildman–Crippen MR) is 51.3 cm³/mol. The molecular formula is C10H21NO. The highest BCUT2D eigenvalue weighted by Crippen LogP contribution is 2.25. The Labute approximate surface area is 75.7 Å². The van der Waals surface area contributed by atoms with Crippen molar-refractivity contribution in [1.29, 1.82) is 0 Å². The second-order valence-corrected chi connectivity index (χ2v) is 5.47. The summed E-state index contributed by atoms with van der Waals surface area (Å²) in [4.78, 5) is 0. The smallest absolute Gasteiger partial charge is 0.0554 e. The van der Waals surface area contributed by atoms with Gasteiger partial charge in [-0.05, 0) is 5.41 Å². The third-order valence-electron chi connectivity index (χ3n) is 2.11. The Morgan fingerprint density at radius 1 is 1.33 bits per heavy atom. The lowest BCUT2D eigenvalue weighted by Crippen LogP contribution is -2.48. The minimum absolute atomic E-state index is 0.390. The first-order valence-electron chi connectivity index (χ1n) is 4.70. The van der Waals surface area contributed by atoms with E-state index in [9.17, 15) is 0 Å². The first-order valence-corrected chi connectivity index (χ1v) is 4.70. The summed E-state index contributed by atoms with van der Waals surface area (Å²) < 4.78 is 5.18. The van der Waals surface area contributed by atoms with Crippen LogP contribution in [0.25, 0.3) is 0 Å². The van der Waals surface area contributed by atoms with Crippen molar-refractivity contribution in [3.8, 4) is 0 Å². The van der Waals surface area contributed by atoms with E-state index >= 15 is 0 Å². The van der Waals surface area contributed by atoms with Crippen molar-refractivity contribution in [2.45, 2.75) is 27.7 Å². The van der Waals surface area contributed by atoms with Crippen LogP contribution in [-0.2, 0) is 4.74 Å². The van der Waals surface area contributed by atoms with Gasteiger partial charge < -0.3 is 10.1 Å². The molecule has 0 aliphatic carbocycles. The Kier molecular flexibility index (Phi) is 2.79. The molecular weight excluding hydrogens is 150 g/mol. The second-order valence-electron chi connectivity index (χ2n) is 5.47. The van der Waals surface area contributed by atoms with Gasteiger partial charge in [0.05, 0.1) is 13.2 Å². The van der Waals surface area contributed by atoms with Crippen LogP contribution in [0.1, 0.15) is 27.7 Å². The van der Waals surface area contributed by atoms with Crippen LogP contribution in [0.3, 0.4) is 0 Å². The molecule has 0 aromatic carbocycles. The molecule has 1 heterocycles. The number of hydrogen-bond acceptors (Lipinski definition) is 2. The molecule has 1 aliphatic heterocycles. The third-order valence-corrected chi connectivity index (χ3v) is 2.11. The molecule has 0 aromatic rings. The van der Waals surface area contributed by atoms with Gasteiger partial charge in [0.25, 0.3) is 0 Å². The van der Waals surface area contributed by atoms with Crippen molar-refractivity contribution >= 4 is 0 Å². The SMILES string of the molecule is CC(C)(C)CNCC1(C)COC1. The van der Waals surface area contributed by atoms with Crippen molar-refractivity contribution < 1.29 is 4.74 Å². The molecule has 0 aromatic heterocycles. The average Bonchev–Trinajstić information content (AvgIpc) is 1.81. The Morgan fingerprint density at radius 2 is 1.92 bits per heavy atom. The zero-order chi connectivity index (χ0) is 9.24. The topological polar surface area (TPSA) is 21.3 Å². The summed E-state index contributed by atoms with van der Waals surface area (Å²) in [5.41, 5.74) is 0.798. The van der Waals surface area contributed by atoms with E-state index in [2.05, 4.69) is 33.0 Å². The number of rotatable bonds is 3. The largest absolute Gasteiger partial charge is 0.380 e. The lowest BCUT2D eigenvalue weighted by atomic mass is 9.88. The molecule has 72 valence electrons. The highest BCUT2D eigenvalue weighted by molar-refractivity contribution is 4.83. The monoisotopic (exact) mass is 171 g/mol. The van der Waals surface area contributed by atoms with E-state index in [0.29, 0.717) is 10.8 Å². The Bertz CT molecular complexity index is 144. The summed E-state index contributed by atoms with van der Waals surface area (Å²) in [5, 5.41) is 3.49. The van der Waals surface area contributed by atoms with E-state index in [-0.39, 0.29) is 0 Å². The zero-order valence-corrected chi connectivity index (χ0v) is 8.74. The molecule has 12 heavy (non-hydrogen) atoms. The van der Waals surface area contributed by atoms with Gasteiger partial charge in [0.15, 0.2) is 0 Å². The van der Waals surface area contributed by atoms with Crippen molar-refractivity contribution in [2.24, 2.45) is 10.8 Å². The van der Waals surface area contributed by atoms with Crippen LogP contribution in [0, 0.1) is 10.8 Å². The third kappa shape index (κ3) is 3.11. The van der Waals surface area contributed by atoms with Gasteiger partial charge in [-0.1, -0.05) is 27.7 Å². The van der Waals surface area contributed by atoms with Crippen molar-refractivity contribution in [2.75, 3.05) is 26.3 Å². The van der Waals surface area contributed by atoms with Gasteiger partial charge in [-0.2, -0.15) is 0 Å². The average molecular weight is 171 g/mol. The molecule has 0 amide bonds. The lowest BCUT2D eigenvalue weighted by Gasteiger charge is -2.38. The minimum atomic E-state index is 0.390. The fourth-order valence-corrected chi connectivity index (χ4v) is 1.29. The molecule has 1 N–H and O–H groups in total. The van der Waals surface area contributed by atoms with Gasteiger partial charge >= 0.3 is 0 Å². The summed E-state index contributed by atoms with van der Waals surface area (Å²) in [6, 6.07) is 0. The molecule has 0 atom stereocenters. The molecule has 0 bridgehead atoms. The second kappa shape index (κ2) is 3.35. The van der Waals surface area contributed by atoms with Crippen LogP contribution in [-0.4, -0.2) is 26.3 Å². The minimum Gasteiger partial charge on any atom is -0.380 e. The molecule has 0 unspecified atom stereocenters. The van der Waals surface area contributed by atoms with E-state index in [1.54, 1.807) is 0 Å². The standard InChI is InChI=1S/C10H21NO/c1-9(2,3)5-11-6-10(4)7-12-8-10/h11H,5-8H2,1-4H3. The molecule has 0 radical (unpaired) electrons. The van der Waals surface area contributed by atoms with E-state index in [1.807, 2.05) is 0 Å². The maximum atomic E-state index is 5.18. The van der Waals surface area contributed by atoms with E-state index in [0.717, 1.165) is 26.3 Å². The van der Waals surface area contributed by atoms with Crippen molar-refractivity contribution in [1.82, 2.24) is 5.32 Å². The normalized spacial score (nSPS) is 22.0. The zero-order valence-electron chi connectivity index (χ0n) is 8.74. The van der Waals surface area contributed by atoms with Gasteiger partial charge in [-0.25, -0.2) is 0 Å². The molecule has 2 heteroatoms. The Balaban J connectivity index is 2.10. The summed E-state index contributed by atoms with van der Waals surface area (Å²) >= 11 is 0. The molecule has 2 nitrogen and oxygen atoms in total. The molecule has 1 rings (SSSR count). The van der Waals surface area contributed by atoms with Gasteiger partial charge in [0.2, 0.25) is 0 Å². The van der Waals surface area contributed by atoms with E-state index < -0.39 is 0 Å². The highest BCUT2D eigenvalue weighted by atomic mass is 16.5. The van der Waals surface area contributed by atoms with Crippen LogP contribution in [0.2, 0.25) is 0 Å². The van der Waals surface area contributed by atoms with Crippen molar-refractivity contribution in [3.05, 3.63) is 0 Å². The van der Waals surface area contributed by atoms with Gasteiger partial charge in [-0.15, -0.1) is 0 Å². The van der Waals surface area contributed by atoms with Crippen LogP contribution in [0.4, 0.5) is 0 Å². The maximum absolute atomic E-state index is 5.18. The van der Waals surface area contributed by atoms with E-state index in [1.165, 1.54) is 0 Å². The molecule has 0 spiro atoms. The fraction of sp³-hybridized carbons (Fsp3) is 1.00. The van der Waals surface area contributed by atoms with Gasteiger partial charge in [0.1, 0.15) is 0 Å². The Morgan fingerprint density at radius 3 is 2.25 bits per heavy atom. The van der Waals surface area contributed by atoms with E-state index in [4.69, 9.17) is 4.74 Å². The summed E-state index contributed by atoms with van der Waals surface area (Å²) in [6.07, 6.45) is 0. The van der Waals surface area contributed by atoms with Crippen LogP contribution < -0.4 is 5.32 Å². The summed E-state index contributed by atoms with van der Waals surface area (Å²) in [5.74, 6) is 0. The molecule has 1 fully saturated rings. The van der Waals surface area contributed by atoms with Gasteiger partial charge in [-0.3, -0.25) is 0 Å².